The lowest BCUT2D eigenvalue weighted by molar-refractivity contribution is -0.148. The van der Waals surface area contributed by atoms with Crippen molar-refractivity contribution in [2.45, 2.75) is 32.2 Å². The number of esters is 1. The van der Waals surface area contributed by atoms with E-state index in [1.54, 1.807) is 6.92 Å². The van der Waals surface area contributed by atoms with E-state index in [2.05, 4.69) is 18.2 Å². The molecule has 2 N–H and O–H groups in total. The number of fused-ring (bicyclic) bond motifs is 1. The smallest absolute Gasteiger partial charge is 0.332 e. The van der Waals surface area contributed by atoms with Crippen molar-refractivity contribution in [3.63, 3.8) is 0 Å². The van der Waals surface area contributed by atoms with Crippen LogP contribution in [-0.2, 0) is 27.1 Å². The number of hydrogen-bond acceptors (Lipinski definition) is 4. The second-order valence-corrected chi connectivity index (χ2v) is 4.81. The molecule has 2 rings (SSSR count). The minimum atomic E-state index is -0.344. The Bertz CT molecular complexity index is 445. The Morgan fingerprint density at radius 1 is 1.37 bits per heavy atom. The van der Waals surface area contributed by atoms with Crippen LogP contribution in [0.15, 0.2) is 18.2 Å². The van der Waals surface area contributed by atoms with Gasteiger partial charge in [0.25, 0.3) is 0 Å². The minimum Gasteiger partial charge on any atom is -0.464 e. The van der Waals surface area contributed by atoms with Gasteiger partial charge < -0.3 is 15.2 Å². The molecule has 19 heavy (non-hydrogen) atoms. The molecule has 1 aromatic rings. The van der Waals surface area contributed by atoms with Gasteiger partial charge in [-0.05, 0) is 42.9 Å². The van der Waals surface area contributed by atoms with Gasteiger partial charge in [-0.2, -0.15) is 0 Å². The number of carbonyl (C=O) groups is 1. The fourth-order valence-corrected chi connectivity index (χ4v) is 2.39. The van der Waals surface area contributed by atoms with Crippen molar-refractivity contribution in [3.05, 3.63) is 34.9 Å². The summed E-state index contributed by atoms with van der Waals surface area (Å²) in [4.78, 5) is 11.1. The molecule has 0 saturated carbocycles. The number of hydrogen-bond donors (Lipinski definition) is 1. The fourth-order valence-electron chi connectivity index (χ4n) is 2.39. The van der Waals surface area contributed by atoms with E-state index in [-0.39, 0.29) is 18.6 Å². The molecule has 0 spiro atoms. The van der Waals surface area contributed by atoms with Crippen LogP contribution in [0.25, 0.3) is 0 Å². The van der Waals surface area contributed by atoms with Gasteiger partial charge in [0, 0.05) is 0 Å². The molecule has 1 atom stereocenters. The van der Waals surface area contributed by atoms with E-state index in [4.69, 9.17) is 15.2 Å². The molecule has 4 heteroatoms. The van der Waals surface area contributed by atoms with E-state index in [1.807, 2.05) is 0 Å². The third-order valence-corrected chi connectivity index (χ3v) is 3.37. The molecular formula is C15H21NO3. The van der Waals surface area contributed by atoms with Gasteiger partial charge in [-0.25, -0.2) is 4.79 Å². The maximum Gasteiger partial charge on any atom is 0.332 e. The van der Waals surface area contributed by atoms with Crippen LogP contribution < -0.4 is 5.73 Å². The highest BCUT2D eigenvalue weighted by Crippen LogP contribution is 2.24. The predicted octanol–water partition coefficient (Wildman–Crippen LogP) is 1.75. The Morgan fingerprint density at radius 3 is 2.95 bits per heavy atom. The molecule has 104 valence electrons. The summed E-state index contributed by atoms with van der Waals surface area (Å²) in [6.45, 7) is 2.44. The van der Waals surface area contributed by atoms with Crippen LogP contribution in [0, 0.1) is 0 Å². The van der Waals surface area contributed by atoms with Crippen LogP contribution in [0.3, 0.4) is 0 Å². The van der Waals surface area contributed by atoms with E-state index in [0.29, 0.717) is 13.2 Å². The summed E-state index contributed by atoms with van der Waals surface area (Å²) in [7, 11) is 0. The summed E-state index contributed by atoms with van der Waals surface area (Å²) >= 11 is 0. The molecule has 1 aliphatic rings. The molecule has 0 aliphatic heterocycles. The molecule has 0 aromatic heterocycles. The first-order valence-electron chi connectivity index (χ1n) is 6.81. The van der Waals surface area contributed by atoms with E-state index in [9.17, 15) is 4.79 Å². The Labute approximate surface area is 113 Å². The Kier molecular flexibility index (Phi) is 4.93. The molecule has 0 radical (unpaired) electrons. The van der Waals surface area contributed by atoms with Crippen LogP contribution in [-0.4, -0.2) is 25.8 Å². The van der Waals surface area contributed by atoms with Crippen molar-refractivity contribution in [1.29, 1.82) is 0 Å². The highest BCUT2D eigenvalue weighted by Gasteiger charge is 2.14. The Hall–Kier alpha value is -1.39. The van der Waals surface area contributed by atoms with Crippen molar-refractivity contribution in [2.75, 3.05) is 19.8 Å². The van der Waals surface area contributed by atoms with Crippen molar-refractivity contribution in [1.82, 2.24) is 0 Å². The Balaban J connectivity index is 1.83. The number of benzene rings is 1. The maximum absolute atomic E-state index is 11.1. The zero-order valence-corrected chi connectivity index (χ0v) is 11.4. The number of nitrogens with two attached hydrogens (primary N) is 1. The topological polar surface area (TPSA) is 61.5 Å². The normalized spacial score (nSPS) is 15.1. The van der Waals surface area contributed by atoms with Crippen LogP contribution in [0.2, 0.25) is 0 Å². The third-order valence-electron chi connectivity index (χ3n) is 3.37. The molecule has 0 saturated heterocycles. The molecule has 4 nitrogen and oxygen atoms in total. The molecular weight excluding hydrogens is 242 g/mol. The molecule has 1 unspecified atom stereocenters. The van der Waals surface area contributed by atoms with Gasteiger partial charge >= 0.3 is 5.97 Å². The number of ether oxygens (including phenoxy) is 2. The SMILES string of the molecule is CCOC(=O)COCC(N)c1ccc2c(c1)CCC2. The molecule has 0 amide bonds. The van der Waals surface area contributed by atoms with Gasteiger partial charge in [-0.3, -0.25) is 0 Å². The molecule has 0 bridgehead atoms. The maximum atomic E-state index is 11.1. The number of aryl methyl sites for hydroxylation is 2. The monoisotopic (exact) mass is 263 g/mol. The van der Waals surface area contributed by atoms with Crippen LogP contribution in [0.1, 0.15) is 36.1 Å². The predicted molar refractivity (Wildman–Crippen MR) is 72.8 cm³/mol. The standard InChI is InChI=1S/C15H21NO3/c1-2-19-15(17)10-18-9-14(16)13-7-6-11-4-3-5-12(11)8-13/h6-8,14H,2-5,9-10,16H2,1H3. The lowest BCUT2D eigenvalue weighted by Crippen LogP contribution is -2.21. The number of carbonyl (C=O) groups excluding carboxylic acids is 1. The third kappa shape index (κ3) is 3.78. The number of rotatable bonds is 6. The highest BCUT2D eigenvalue weighted by atomic mass is 16.6. The van der Waals surface area contributed by atoms with Crippen molar-refractivity contribution in [2.24, 2.45) is 5.73 Å². The van der Waals surface area contributed by atoms with Crippen molar-refractivity contribution in [3.8, 4) is 0 Å². The average molecular weight is 263 g/mol. The van der Waals surface area contributed by atoms with Crippen LogP contribution in [0.4, 0.5) is 0 Å². The second-order valence-electron chi connectivity index (χ2n) is 4.81. The largest absolute Gasteiger partial charge is 0.464 e. The average Bonchev–Trinajstić information content (AvgIpc) is 2.86. The van der Waals surface area contributed by atoms with Gasteiger partial charge in [0.15, 0.2) is 0 Å². The lowest BCUT2D eigenvalue weighted by atomic mass is 10.0. The van der Waals surface area contributed by atoms with Gasteiger partial charge in [-0.1, -0.05) is 18.2 Å². The summed E-state index contributed by atoms with van der Waals surface area (Å²) in [6, 6.07) is 6.19. The van der Waals surface area contributed by atoms with E-state index in [0.717, 1.165) is 12.0 Å². The summed E-state index contributed by atoms with van der Waals surface area (Å²) < 4.78 is 10.1. The zero-order valence-electron chi connectivity index (χ0n) is 11.4. The lowest BCUT2D eigenvalue weighted by Gasteiger charge is -2.13. The van der Waals surface area contributed by atoms with Gasteiger partial charge in [0.05, 0.1) is 19.3 Å². The van der Waals surface area contributed by atoms with E-state index >= 15 is 0 Å². The van der Waals surface area contributed by atoms with Gasteiger partial charge in [0.1, 0.15) is 6.61 Å². The summed E-state index contributed by atoms with van der Waals surface area (Å²) in [5, 5.41) is 0. The molecule has 0 heterocycles. The molecule has 1 aliphatic carbocycles. The quantitative estimate of drug-likeness (QED) is 0.794. The van der Waals surface area contributed by atoms with Crippen molar-refractivity contribution < 1.29 is 14.3 Å². The van der Waals surface area contributed by atoms with E-state index < -0.39 is 0 Å². The first kappa shape index (κ1) is 14.0. The minimum absolute atomic E-state index is 0.0352. The summed E-state index contributed by atoms with van der Waals surface area (Å²) in [6.07, 6.45) is 3.54. The highest BCUT2D eigenvalue weighted by molar-refractivity contribution is 5.70. The van der Waals surface area contributed by atoms with Gasteiger partial charge in [0.2, 0.25) is 0 Å². The fraction of sp³-hybridized carbons (Fsp3) is 0.533. The van der Waals surface area contributed by atoms with Gasteiger partial charge in [-0.15, -0.1) is 0 Å². The first-order valence-corrected chi connectivity index (χ1v) is 6.81. The van der Waals surface area contributed by atoms with Crippen molar-refractivity contribution >= 4 is 5.97 Å². The Morgan fingerprint density at radius 2 is 2.16 bits per heavy atom. The molecule has 1 aromatic carbocycles. The second kappa shape index (κ2) is 6.68. The summed E-state index contributed by atoms with van der Waals surface area (Å²) in [5.74, 6) is -0.344. The van der Waals surface area contributed by atoms with E-state index in [1.165, 1.54) is 24.0 Å². The summed E-state index contributed by atoms with van der Waals surface area (Å²) in [5.41, 5.74) is 9.98. The molecule has 0 fully saturated rings. The van der Waals surface area contributed by atoms with Crippen LogP contribution in [0.5, 0.6) is 0 Å². The zero-order chi connectivity index (χ0) is 13.7. The first-order chi connectivity index (χ1) is 9.20. The van der Waals surface area contributed by atoms with Crippen LogP contribution >= 0.6 is 0 Å².